The Kier molecular flexibility index (Phi) is 5.06. The number of methoxy groups -OCH3 is 1. The van der Waals surface area contributed by atoms with Crippen molar-refractivity contribution >= 4 is 11.8 Å². The second kappa shape index (κ2) is 7.48. The van der Waals surface area contributed by atoms with Crippen LogP contribution >= 0.6 is 0 Å². The molecule has 27 heavy (non-hydrogen) atoms. The Morgan fingerprint density at radius 3 is 2.63 bits per heavy atom. The topological polar surface area (TPSA) is 68.3 Å². The van der Waals surface area contributed by atoms with E-state index < -0.39 is 5.79 Å². The van der Waals surface area contributed by atoms with Crippen LogP contribution in [0.2, 0.25) is 0 Å². The van der Waals surface area contributed by atoms with Gasteiger partial charge in [0.15, 0.2) is 5.79 Å². The van der Waals surface area contributed by atoms with Crippen molar-refractivity contribution in [3.8, 4) is 5.75 Å². The summed E-state index contributed by atoms with van der Waals surface area (Å²) in [5, 5.41) is 0. The first kappa shape index (κ1) is 18.3. The summed E-state index contributed by atoms with van der Waals surface area (Å²) in [6.45, 7) is 3.43. The third-order valence-corrected chi connectivity index (χ3v) is 5.77. The quantitative estimate of drug-likeness (QED) is 0.797. The molecule has 0 aliphatic carbocycles. The Morgan fingerprint density at radius 2 is 1.93 bits per heavy atom. The predicted molar refractivity (Wildman–Crippen MR) is 97.0 cm³/mol. The summed E-state index contributed by atoms with van der Waals surface area (Å²) in [5.41, 5.74) is 0.955. The lowest BCUT2D eigenvalue weighted by Gasteiger charge is -2.38. The first-order chi connectivity index (χ1) is 13.1. The molecule has 3 heterocycles. The van der Waals surface area contributed by atoms with Gasteiger partial charge in [0.1, 0.15) is 5.75 Å². The standard InChI is InChI=1S/C20H26N2O5/c1-25-17-5-3-2-4-15(17)13-22-14-16(12-18(22)23)19(24)21-8-6-20(7-9-21)26-10-11-27-20/h2-5,16H,6-14H2,1H3. The minimum absolute atomic E-state index is 0.0233. The van der Waals surface area contributed by atoms with Gasteiger partial charge in [-0.3, -0.25) is 9.59 Å². The van der Waals surface area contributed by atoms with Gasteiger partial charge in [0, 0.05) is 51.0 Å². The molecule has 7 heteroatoms. The van der Waals surface area contributed by atoms with Crippen molar-refractivity contribution in [3.05, 3.63) is 29.8 Å². The van der Waals surface area contributed by atoms with Crippen LogP contribution in [0.15, 0.2) is 24.3 Å². The number of likely N-dealkylation sites (tertiary alicyclic amines) is 2. The van der Waals surface area contributed by atoms with Crippen LogP contribution in [0.5, 0.6) is 5.75 Å². The van der Waals surface area contributed by atoms with E-state index in [9.17, 15) is 9.59 Å². The highest BCUT2D eigenvalue weighted by Crippen LogP contribution is 2.33. The molecule has 146 valence electrons. The van der Waals surface area contributed by atoms with Gasteiger partial charge in [-0.1, -0.05) is 18.2 Å². The number of hydrogen-bond donors (Lipinski definition) is 0. The number of ether oxygens (including phenoxy) is 3. The fourth-order valence-electron chi connectivity index (χ4n) is 4.24. The van der Waals surface area contributed by atoms with E-state index in [4.69, 9.17) is 14.2 Å². The second-order valence-electron chi connectivity index (χ2n) is 7.42. The van der Waals surface area contributed by atoms with Gasteiger partial charge in [-0.15, -0.1) is 0 Å². The molecule has 0 aromatic heterocycles. The van der Waals surface area contributed by atoms with Crippen molar-refractivity contribution in [1.82, 2.24) is 9.80 Å². The molecule has 0 saturated carbocycles. The van der Waals surface area contributed by atoms with E-state index in [0.29, 0.717) is 52.2 Å². The summed E-state index contributed by atoms with van der Waals surface area (Å²) in [5.74, 6) is 0.0941. The number of nitrogens with zero attached hydrogens (tertiary/aromatic N) is 2. The molecule has 0 radical (unpaired) electrons. The third-order valence-electron chi connectivity index (χ3n) is 5.77. The number of amides is 2. The molecule has 3 fully saturated rings. The minimum atomic E-state index is -0.488. The maximum Gasteiger partial charge on any atom is 0.228 e. The van der Waals surface area contributed by atoms with Crippen LogP contribution in [0.1, 0.15) is 24.8 Å². The number of hydrogen-bond acceptors (Lipinski definition) is 5. The van der Waals surface area contributed by atoms with E-state index in [1.807, 2.05) is 29.2 Å². The van der Waals surface area contributed by atoms with Crippen LogP contribution in [-0.4, -0.2) is 67.4 Å². The molecular weight excluding hydrogens is 348 g/mol. The summed E-state index contributed by atoms with van der Waals surface area (Å²) >= 11 is 0. The van der Waals surface area contributed by atoms with Crippen LogP contribution in [0.25, 0.3) is 0 Å². The molecule has 3 aliphatic heterocycles. The van der Waals surface area contributed by atoms with Crippen molar-refractivity contribution in [1.29, 1.82) is 0 Å². The van der Waals surface area contributed by atoms with E-state index in [1.54, 1.807) is 12.0 Å². The van der Waals surface area contributed by atoms with Crippen LogP contribution in [0, 0.1) is 5.92 Å². The van der Waals surface area contributed by atoms with Crippen molar-refractivity contribution in [2.24, 2.45) is 5.92 Å². The molecule has 3 saturated heterocycles. The molecule has 7 nitrogen and oxygen atoms in total. The van der Waals surface area contributed by atoms with Crippen LogP contribution in [-0.2, 0) is 25.6 Å². The lowest BCUT2D eigenvalue weighted by atomic mass is 10.0. The molecule has 1 unspecified atom stereocenters. The zero-order valence-electron chi connectivity index (χ0n) is 15.7. The SMILES string of the molecule is COc1ccccc1CN1CC(C(=O)N2CCC3(CC2)OCCO3)CC1=O. The van der Waals surface area contributed by atoms with Crippen LogP contribution in [0.3, 0.4) is 0 Å². The summed E-state index contributed by atoms with van der Waals surface area (Å²) in [4.78, 5) is 29.0. The van der Waals surface area contributed by atoms with Gasteiger partial charge in [0.05, 0.1) is 26.2 Å². The number of carbonyl (C=O) groups is 2. The van der Waals surface area contributed by atoms with Gasteiger partial charge in [0.25, 0.3) is 0 Å². The van der Waals surface area contributed by atoms with Gasteiger partial charge < -0.3 is 24.0 Å². The molecule has 2 amide bonds. The second-order valence-corrected chi connectivity index (χ2v) is 7.42. The first-order valence-electron chi connectivity index (χ1n) is 9.57. The highest BCUT2D eigenvalue weighted by molar-refractivity contribution is 5.89. The fraction of sp³-hybridized carbons (Fsp3) is 0.600. The molecule has 4 rings (SSSR count). The monoisotopic (exact) mass is 374 g/mol. The number of para-hydroxylation sites is 1. The molecular formula is C20H26N2O5. The van der Waals surface area contributed by atoms with Crippen molar-refractivity contribution in [3.63, 3.8) is 0 Å². The third kappa shape index (κ3) is 3.66. The predicted octanol–water partition coefficient (Wildman–Crippen LogP) is 1.41. The lowest BCUT2D eigenvalue weighted by Crippen LogP contribution is -2.49. The molecule has 0 N–H and O–H groups in total. The minimum Gasteiger partial charge on any atom is -0.496 e. The summed E-state index contributed by atoms with van der Waals surface area (Å²) in [6, 6.07) is 7.67. The van der Waals surface area contributed by atoms with Crippen molar-refractivity contribution < 1.29 is 23.8 Å². The average molecular weight is 374 g/mol. The largest absolute Gasteiger partial charge is 0.496 e. The highest BCUT2D eigenvalue weighted by atomic mass is 16.7. The number of piperidine rings is 1. The van der Waals surface area contributed by atoms with E-state index in [-0.39, 0.29) is 24.2 Å². The number of rotatable bonds is 4. The average Bonchev–Trinajstić information content (AvgIpc) is 3.29. The van der Waals surface area contributed by atoms with E-state index >= 15 is 0 Å². The van der Waals surface area contributed by atoms with Crippen LogP contribution in [0.4, 0.5) is 0 Å². The van der Waals surface area contributed by atoms with Crippen molar-refractivity contribution in [2.75, 3.05) is 40.0 Å². The molecule has 1 atom stereocenters. The van der Waals surface area contributed by atoms with E-state index in [0.717, 1.165) is 11.3 Å². The Labute approximate surface area is 159 Å². The molecule has 1 aromatic carbocycles. The lowest BCUT2D eigenvalue weighted by molar-refractivity contribution is -0.188. The van der Waals surface area contributed by atoms with E-state index in [2.05, 4.69) is 0 Å². The Bertz CT molecular complexity index is 706. The molecule has 1 spiro atoms. The van der Waals surface area contributed by atoms with Gasteiger partial charge in [-0.2, -0.15) is 0 Å². The van der Waals surface area contributed by atoms with E-state index in [1.165, 1.54) is 0 Å². The van der Waals surface area contributed by atoms with Crippen LogP contribution < -0.4 is 4.74 Å². The summed E-state index contributed by atoms with van der Waals surface area (Å²) in [6.07, 6.45) is 1.68. The number of benzene rings is 1. The van der Waals surface area contributed by atoms with Gasteiger partial charge >= 0.3 is 0 Å². The van der Waals surface area contributed by atoms with Gasteiger partial charge in [-0.05, 0) is 6.07 Å². The zero-order valence-corrected chi connectivity index (χ0v) is 15.7. The fourth-order valence-corrected chi connectivity index (χ4v) is 4.24. The maximum absolute atomic E-state index is 12.9. The molecule has 0 bridgehead atoms. The van der Waals surface area contributed by atoms with Gasteiger partial charge in [-0.25, -0.2) is 0 Å². The summed E-state index contributed by atoms with van der Waals surface area (Å²) < 4.78 is 16.8. The number of carbonyl (C=O) groups excluding carboxylic acids is 2. The molecule has 1 aromatic rings. The van der Waals surface area contributed by atoms with Crippen molar-refractivity contribution in [2.45, 2.75) is 31.6 Å². The Hall–Kier alpha value is -2.12. The highest BCUT2D eigenvalue weighted by Gasteiger charge is 2.43. The van der Waals surface area contributed by atoms with Gasteiger partial charge in [0.2, 0.25) is 11.8 Å². The summed E-state index contributed by atoms with van der Waals surface area (Å²) in [7, 11) is 1.62. The normalized spacial score (nSPS) is 24.6. The zero-order chi connectivity index (χ0) is 18.9. The Balaban J connectivity index is 1.35. The maximum atomic E-state index is 12.9. The molecule has 3 aliphatic rings. The Morgan fingerprint density at radius 1 is 1.22 bits per heavy atom. The smallest absolute Gasteiger partial charge is 0.228 e. The first-order valence-corrected chi connectivity index (χ1v) is 9.57.